The van der Waals surface area contributed by atoms with Gasteiger partial charge >= 0.3 is 5.97 Å². The van der Waals surface area contributed by atoms with Gasteiger partial charge in [-0.15, -0.1) is 0 Å². The van der Waals surface area contributed by atoms with Crippen LogP contribution in [-0.4, -0.2) is 39.0 Å². The molecule has 0 bridgehead atoms. The Bertz CT molecular complexity index is 322. The molecule has 0 spiro atoms. The van der Waals surface area contributed by atoms with Gasteiger partial charge in [0.15, 0.2) is 0 Å². The molecule has 0 aromatic heterocycles. The number of hydrogen-bond donors (Lipinski definition) is 1. The van der Waals surface area contributed by atoms with Crippen LogP contribution in [0.15, 0.2) is 0 Å². The van der Waals surface area contributed by atoms with Gasteiger partial charge in [-0.1, -0.05) is 0 Å². The van der Waals surface area contributed by atoms with Crippen molar-refractivity contribution in [1.82, 2.24) is 0 Å². The fourth-order valence-corrected chi connectivity index (χ4v) is 3.31. The van der Waals surface area contributed by atoms with Crippen molar-refractivity contribution in [3.05, 3.63) is 0 Å². The van der Waals surface area contributed by atoms with Crippen molar-refractivity contribution in [3.63, 3.8) is 0 Å². The van der Waals surface area contributed by atoms with Crippen LogP contribution in [0.2, 0.25) is 0 Å². The van der Waals surface area contributed by atoms with Crippen LogP contribution in [0.25, 0.3) is 0 Å². The van der Waals surface area contributed by atoms with E-state index in [9.17, 15) is 13.2 Å². The maximum absolute atomic E-state index is 11.7. The number of carbonyl (C=O) groups excluding carboxylic acids is 1. The summed E-state index contributed by atoms with van der Waals surface area (Å²) in [6.45, 7) is 2.18. The van der Waals surface area contributed by atoms with Gasteiger partial charge in [-0.25, -0.2) is 8.42 Å². The highest BCUT2D eigenvalue weighted by molar-refractivity contribution is 7.91. The normalized spacial score (nSPS) is 23.3. The summed E-state index contributed by atoms with van der Waals surface area (Å²) >= 11 is 0. The molecular weight excluding hydrogens is 218 g/mol. The second kappa shape index (κ2) is 4.49. The molecule has 0 saturated carbocycles. The molecule has 88 valence electrons. The van der Waals surface area contributed by atoms with Crippen molar-refractivity contribution in [2.75, 3.05) is 24.7 Å². The summed E-state index contributed by atoms with van der Waals surface area (Å²) in [6.07, 6.45) is 0.565. The van der Waals surface area contributed by atoms with E-state index in [0.717, 1.165) is 0 Å². The lowest BCUT2D eigenvalue weighted by molar-refractivity contribution is -0.155. The molecule has 1 aliphatic heterocycles. The molecule has 0 radical (unpaired) electrons. The monoisotopic (exact) mass is 235 g/mol. The van der Waals surface area contributed by atoms with Crippen LogP contribution in [0.3, 0.4) is 0 Å². The van der Waals surface area contributed by atoms with Crippen molar-refractivity contribution >= 4 is 15.8 Å². The highest BCUT2D eigenvalue weighted by Crippen LogP contribution is 2.32. The van der Waals surface area contributed by atoms with E-state index >= 15 is 0 Å². The molecule has 0 amide bonds. The molecule has 1 fully saturated rings. The third kappa shape index (κ3) is 2.69. The van der Waals surface area contributed by atoms with Crippen molar-refractivity contribution in [3.8, 4) is 0 Å². The van der Waals surface area contributed by atoms with E-state index in [-0.39, 0.29) is 36.9 Å². The SMILES string of the molecule is CCOC(=O)C1(CN)CCS(=O)(=O)CC1. The van der Waals surface area contributed by atoms with E-state index in [4.69, 9.17) is 10.5 Å². The van der Waals surface area contributed by atoms with Gasteiger partial charge in [-0.2, -0.15) is 0 Å². The molecule has 0 aliphatic carbocycles. The van der Waals surface area contributed by atoms with Gasteiger partial charge in [0.25, 0.3) is 0 Å². The largest absolute Gasteiger partial charge is 0.466 e. The zero-order valence-electron chi connectivity index (χ0n) is 8.86. The van der Waals surface area contributed by atoms with Crippen molar-refractivity contribution in [1.29, 1.82) is 0 Å². The number of carbonyl (C=O) groups is 1. The predicted octanol–water partition coefficient (Wildman–Crippen LogP) is -0.297. The van der Waals surface area contributed by atoms with Crippen molar-refractivity contribution in [2.45, 2.75) is 19.8 Å². The van der Waals surface area contributed by atoms with Gasteiger partial charge in [0.1, 0.15) is 9.84 Å². The molecule has 6 heteroatoms. The summed E-state index contributed by atoms with van der Waals surface area (Å²) in [5.74, 6) is -0.297. The number of hydrogen-bond acceptors (Lipinski definition) is 5. The number of sulfone groups is 1. The lowest BCUT2D eigenvalue weighted by Gasteiger charge is -2.33. The Morgan fingerprint density at radius 2 is 1.93 bits per heavy atom. The Morgan fingerprint density at radius 3 is 2.33 bits per heavy atom. The lowest BCUT2D eigenvalue weighted by atomic mass is 9.82. The summed E-state index contributed by atoms with van der Waals surface area (Å²) in [5, 5.41) is 0. The van der Waals surface area contributed by atoms with E-state index in [2.05, 4.69) is 0 Å². The average Bonchev–Trinajstić information content (AvgIpc) is 2.19. The quantitative estimate of drug-likeness (QED) is 0.679. The maximum atomic E-state index is 11.7. The van der Waals surface area contributed by atoms with E-state index in [0.29, 0.717) is 6.61 Å². The Balaban J connectivity index is 2.76. The smallest absolute Gasteiger partial charge is 0.313 e. The van der Waals surface area contributed by atoms with E-state index < -0.39 is 15.3 Å². The zero-order valence-corrected chi connectivity index (χ0v) is 9.68. The Morgan fingerprint density at radius 1 is 1.40 bits per heavy atom. The topological polar surface area (TPSA) is 86.5 Å². The van der Waals surface area contributed by atoms with Gasteiger partial charge in [-0.05, 0) is 19.8 Å². The van der Waals surface area contributed by atoms with Crippen LogP contribution in [0.1, 0.15) is 19.8 Å². The summed E-state index contributed by atoms with van der Waals surface area (Å²) in [5.41, 5.74) is 4.79. The Kier molecular flexibility index (Phi) is 3.72. The molecule has 1 heterocycles. The molecule has 5 nitrogen and oxygen atoms in total. The first-order valence-corrected chi connectivity index (χ1v) is 6.85. The second-order valence-corrected chi connectivity index (χ2v) is 6.16. The molecule has 0 aromatic carbocycles. The number of ether oxygens (including phenoxy) is 1. The molecule has 1 saturated heterocycles. The zero-order chi connectivity index (χ0) is 11.5. The molecule has 1 rings (SSSR count). The highest BCUT2D eigenvalue weighted by Gasteiger charge is 2.43. The van der Waals surface area contributed by atoms with Crippen LogP contribution in [0, 0.1) is 5.41 Å². The van der Waals surface area contributed by atoms with E-state index in [1.807, 2.05) is 0 Å². The average molecular weight is 235 g/mol. The minimum Gasteiger partial charge on any atom is -0.466 e. The molecule has 0 aromatic rings. The molecule has 2 N–H and O–H groups in total. The van der Waals surface area contributed by atoms with Gasteiger partial charge in [0.2, 0.25) is 0 Å². The van der Waals surface area contributed by atoms with Crippen LogP contribution >= 0.6 is 0 Å². The highest BCUT2D eigenvalue weighted by atomic mass is 32.2. The van der Waals surface area contributed by atoms with Gasteiger partial charge in [-0.3, -0.25) is 4.79 Å². The molecule has 0 unspecified atom stereocenters. The maximum Gasteiger partial charge on any atom is 0.313 e. The lowest BCUT2D eigenvalue weighted by Crippen LogP contribution is -2.46. The Labute approximate surface area is 89.9 Å². The minimum absolute atomic E-state index is 0.0308. The fourth-order valence-electron chi connectivity index (χ4n) is 1.70. The number of nitrogens with two attached hydrogens (primary N) is 1. The van der Waals surface area contributed by atoms with Gasteiger partial charge in [0.05, 0.1) is 23.5 Å². The summed E-state index contributed by atoms with van der Waals surface area (Å²) < 4.78 is 27.4. The molecular formula is C9H17NO4S. The molecule has 0 atom stereocenters. The summed E-state index contributed by atoms with van der Waals surface area (Å²) in [4.78, 5) is 11.7. The third-order valence-corrected chi connectivity index (χ3v) is 4.53. The van der Waals surface area contributed by atoms with Crippen molar-refractivity contribution < 1.29 is 17.9 Å². The van der Waals surface area contributed by atoms with Gasteiger partial charge < -0.3 is 10.5 Å². The van der Waals surface area contributed by atoms with E-state index in [1.165, 1.54) is 0 Å². The molecule has 15 heavy (non-hydrogen) atoms. The third-order valence-electron chi connectivity index (χ3n) is 2.88. The fraction of sp³-hybridized carbons (Fsp3) is 0.889. The molecule has 1 aliphatic rings. The van der Waals surface area contributed by atoms with Crippen molar-refractivity contribution in [2.24, 2.45) is 11.1 Å². The van der Waals surface area contributed by atoms with E-state index in [1.54, 1.807) is 6.92 Å². The number of esters is 1. The van der Waals surface area contributed by atoms with Crippen LogP contribution in [0.4, 0.5) is 0 Å². The van der Waals surface area contributed by atoms with Gasteiger partial charge in [0, 0.05) is 6.54 Å². The Hall–Kier alpha value is -0.620. The second-order valence-electron chi connectivity index (χ2n) is 3.86. The van der Waals surface area contributed by atoms with Crippen LogP contribution in [-0.2, 0) is 19.4 Å². The summed E-state index contributed by atoms with van der Waals surface area (Å²) in [6, 6.07) is 0. The minimum atomic E-state index is -2.98. The van der Waals surface area contributed by atoms with Crippen LogP contribution in [0.5, 0.6) is 0 Å². The summed E-state index contributed by atoms with van der Waals surface area (Å²) in [7, 11) is -2.98. The standard InChI is InChI=1S/C9H17NO4S/c1-2-14-8(11)9(7-10)3-5-15(12,13)6-4-9/h2-7,10H2,1H3. The number of rotatable bonds is 3. The van der Waals surface area contributed by atoms with Crippen LogP contribution < -0.4 is 5.73 Å². The first-order valence-electron chi connectivity index (χ1n) is 5.03. The first kappa shape index (κ1) is 12.4. The predicted molar refractivity (Wildman–Crippen MR) is 56.0 cm³/mol. The first-order chi connectivity index (χ1) is 6.96.